The SMILES string of the molecule is CCN(CC1CCCCN1)C(=O)Nc1ccccc1OC. The maximum atomic E-state index is 12.4. The van der Waals surface area contributed by atoms with Gasteiger partial charge in [0.25, 0.3) is 0 Å². The standard InChI is InChI=1S/C16H25N3O2/c1-3-19(12-13-8-6-7-11-17-13)16(20)18-14-9-4-5-10-15(14)21-2/h4-5,9-10,13,17H,3,6-8,11-12H2,1-2H3,(H,18,20). The number of hydrogen-bond acceptors (Lipinski definition) is 3. The number of anilines is 1. The Kier molecular flexibility index (Phi) is 5.87. The molecule has 1 fully saturated rings. The van der Waals surface area contributed by atoms with Gasteiger partial charge in [0.05, 0.1) is 12.8 Å². The van der Waals surface area contributed by atoms with Gasteiger partial charge in [0.15, 0.2) is 0 Å². The fraction of sp³-hybridized carbons (Fsp3) is 0.562. The molecule has 5 nitrogen and oxygen atoms in total. The quantitative estimate of drug-likeness (QED) is 0.877. The fourth-order valence-corrected chi connectivity index (χ4v) is 2.64. The molecule has 21 heavy (non-hydrogen) atoms. The molecule has 2 amide bonds. The van der Waals surface area contributed by atoms with E-state index in [1.807, 2.05) is 36.1 Å². The third-order valence-electron chi connectivity index (χ3n) is 3.87. The molecule has 0 saturated carbocycles. The van der Waals surface area contributed by atoms with E-state index in [9.17, 15) is 4.79 Å². The van der Waals surface area contributed by atoms with Crippen LogP contribution in [0.3, 0.4) is 0 Å². The number of benzene rings is 1. The number of hydrogen-bond donors (Lipinski definition) is 2. The molecule has 0 spiro atoms. The molecule has 1 saturated heterocycles. The van der Waals surface area contributed by atoms with E-state index in [0.29, 0.717) is 24.0 Å². The van der Waals surface area contributed by atoms with Gasteiger partial charge in [-0.25, -0.2) is 4.79 Å². The van der Waals surface area contributed by atoms with E-state index >= 15 is 0 Å². The predicted molar refractivity (Wildman–Crippen MR) is 84.9 cm³/mol. The van der Waals surface area contributed by atoms with Crippen LogP contribution in [-0.4, -0.2) is 43.7 Å². The highest BCUT2D eigenvalue weighted by atomic mass is 16.5. The number of rotatable bonds is 5. The lowest BCUT2D eigenvalue weighted by Gasteiger charge is -2.30. The minimum absolute atomic E-state index is 0.0747. The predicted octanol–water partition coefficient (Wildman–Crippen LogP) is 2.69. The molecule has 116 valence electrons. The van der Waals surface area contributed by atoms with Crippen LogP contribution in [0, 0.1) is 0 Å². The summed E-state index contributed by atoms with van der Waals surface area (Å²) >= 11 is 0. The van der Waals surface area contributed by atoms with Crippen molar-refractivity contribution in [1.82, 2.24) is 10.2 Å². The van der Waals surface area contributed by atoms with Gasteiger partial charge in [-0.3, -0.25) is 0 Å². The molecule has 1 aliphatic heterocycles. The average Bonchev–Trinajstić information content (AvgIpc) is 2.54. The summed E-state index contributed by atoms with van der Waals surface area (Å²) in [5.74, 6) is 0.678. The molecule has 1 heterocycles. The van der Waals surface area contributed by atoms with Crippen molar-refractivity contribution in [2.24, 2.45) is 0 Å². The Morgan fingerprint density at radius 3 is 2.90 bits per heavy atom. The third-order valence-corrected chi connectivity index (χ3v) is 3.87. The van der Waals surface area contributed by atoms with Gasteiger partial charge in [0.1, 0.15) is 5.75 Å². The summed E-state index contributed by atoms with van der Waals surface area (Å²) in [5, 5.41) is 6.42. The number of piperidine rings is 1. The molecule has 1 atom stereocenters. The maximum absolute atomic E-state index is 12.4. The zero-order valence-corrected chi connectivity index (χ0v) is 12.9. The van der Waals surface area contributed by atoms with Crippen molar-refractivity contribution in [2.75, 3.05) is 32.1 Å². The number of carbonyl (C=O) groups is 1. The minimum atomic E-state index is -0.0747. The number of carbonyl (C=O) groups excluding carboxylic acids is 1. The molecule has 1 unspecified atom stereocenters. The number of nitrogens with zero attached hydrogens (tertiary/aromatic N) is 1. The second kappa shape index (κ2) is 7.88. The highest BCUT2D eigenvalue weighted by Crippen LogP contribution is 2.23. The number of nitrogens with one attached hydrogen (secondary N) is 2. The summed E-state index contributed by atoms with van der Waals surface area (Å²) in [4.78, 5) is 14.3. The molecular weight excluding hydrogens is 266 g/mol. The van der Waals surface area contributed by atoms with Crippen LogP contribution in [0.5, 0.6) is 5.75 Å². The van der Waals surface area contributed by atoms with Crippen LogP contribution in [0.25, 0.3) is 0 Å². The maximum Gasteiger partial charge on any atom is 0.321 e. The lowest BCUT2D eigenvalue weighted by atomic mass is 10.0. The Bertz CT molecular complexity index is 459. The Morgan fingerprint density at radius 1 is 1.43 bits per heavy atom. The van der Waals surface area contributed by atoms with Gasteiger partial charge in [-0.05, 0) is 38.4 Å². The Labute approximate surface area is 126 Å². The van der Waals surface area contributed by atoms with Gasteiger partial charge in [0.2, 0.25) is 0 Å². The summed E-state index contributed by atoms with van der Waals surface area (Å²) < 4.78 is 5.26. The summed E-state index contributed by atoms with van der Waals surface area (Å²) in [6, 6.07) is 7.80. The molecule has 0 aliphatic carbocycles. The smallest absolute Gasteiger partial charge is 0.321 e. The highest BCUT2D eigenvalue weighted by Gasteiger charge is 2.20. The van der Waals surface area contributed by atoms with Crippen LogP contribution >= 0.6 is 0 Å². The number of para-hydroxylation sites is 2. The average molecular weight is 291 g/mol. The molecule has 0 aromatic heterocycles. The molecule has 2 N–H and O–H groups in total. The Morgan fingerprint density at radius 2 is 2.24 bits per heavy atom. The van der Waals surface area contributed by atoms with E-state index in [1.165, 1.54) is 12.8 Å². The van der Waals surface area contributed by atoms with Gasteiger partial charge in [0, 0.05) is 19.1 Å². The minimum Gasteiger partial charge on any atom is -0.495 e. The largest absolute Gasteiger partial charge is 0.495 e. The van der Waals surface area contributed by atoms with Gasteiger partial charge in [-0.2, -0.15) is 0 Å². The number of amides is 2. The van der Waals surface area contributed by atoms with Crippen LogP contribution in [0.2, 0.25) is 0 Å². The lowest BCUT2D eigenvalue weighted by Crippen LogP contribution is -2.47. The Balaban J connectivity index is 1.96. The van der Waals surface area contributed by atoms with E-state index in [0.717, 1.165) is 19.5 Å². The lowest BCUT2D eigenvalue weighted by molar-refractivity contribution is 0.202. The summed E-state index contributed by atoms with van der Waals surface area (Å²) in [7, 11) is 1.61. The topological polar surface area (TPSA) is 53.6 Å². The molecular formula is C16H25N3O2. The first-order valence-corrected chi connectivity index (χ1v) is 7.67. The number of methoxy groups -OCH3 is 1. The molecule has 0 radical (unpaired) electrons. The molecule has 2 rings (SSSR count). The van der Waals surface area contributed by atoms with Crippen LogP contribution in [0.15, 0.2) is 24.3 Å². The second-order valence-electron chi connectivity index (χ2n) is 5.32. The van der Waals surface area contributed by atoms with E-state index in [2.05, 4.69) is 10.6 Å². The van der Waals surface area contributed by atoms with Gasteiger partial charge in [-0.1, -0.05) is 18.6 Å². The molecule has 0 bridgehead atoms. The van der Waals surface area contributed by atoms with Crippen molar-refractivity contribution in [2.45, 2.75) is 32.2 Å². The van der Waals surface area contributed by atoms with Crippen molar-refractivity contribution >= 4 is 11.7 Å². The van der Waals surface area contributed by atoms with Crippen molar-refractivity contribution in [1.29, 1.82) is 0 Å². The van der Waals surface area contributed by atoms with Crippen molar-refractivity contribution in [3.8, 4) is 5.75 Å². The molecule has 1 aromatic rings. The van der Waals surface area contributed by atoms with Crippen LogP contribution < -0.4 is 15.4 Å². The van der Waals surface area contributed by atoms with Crippen molar-refractivity contribution in [3.05, 3.63) is 24.3 Å². The fourth-order valence-electron chi connectivity index (χ4n) is 2.64. The van der Waals surface area contributed by atoms with Gasteiger partial charge in [-0.15, -0.1) is 0 Å². The Hall–Kier alpha value is -1.75. The van der Waals surface area contributed by atoms with Crippen LogP contribution in [0.1, 0.15) is 26.2 Å². The second-order valence-corrected chi connectivity index (χ2v) is 5.32. The molecule has 1 aliphatic rings. The van der Waals surface area contributed by atoms with E-state index in [-0.39, 0.29) is 6.03 Å². The third kappa shape index (κ3) is 4.36. The van der Waals surface area contributed by atoms with Gasteiger partial charge >= 0.3 is 6.03 Å². The van der Waals surface area contributed by atoms with Crippen molar-refractivity contribution in [3.63, 3.8) is 0 Å². The van der Waals surface area contributed by atoms with Crippen LogP contribution in [-0.2, 0) is 0 Å². The number of urea groups is 1. The first-order valence-electron chi connectivity index (χ1n) is 7.67. The van der Waals surface area contributed by atoms with E-state index in [4.69, 9.17) is 4.74 Å². The van der Waals surface area contributed by atoms with Crippen molar-refractivity contribution < 1.29 is 9.53 Å². The summed E-state index contributed by atoms with van der Waals surface area (Å²) in [6.07, 6.45) is 3.61. The molecule has 5 heteroatoms. The highest BCUT2D eigenvalue weighted by molar-refractivity contribution is 5.91. The molecule has 1 aromatic carbocycles. The van der Waals surface area contributed by atoms with E-state index in [1.54, 1.807) is 7.11 Å². The number of ether oxygens (including phenoxy) is 1. The normalized spacial score (nSPS) is 18.1. The first kappa shape index (κ1) is 15.6. The zero-order chi connectivity index (χ0) is 15.1. The first-order chi connectivity index (χ1) is 10.2. The van der Waals surface area contributed by atoms with Gasteiger partial charge < -0.3 is 20.3 Å². The van der Waals surface area contributed by atoms with E-state index < -0.39 is 0 Å². The summed E-state index contributed by atoms with van der Waals surface area (Å²) in [5.41, 5.74) is 0.708. The van der Waals surface area contributed by atoms with Crippen LogP contribution in [0.4, 0.5) is 10.5 Å². The number of likely N-dealkylation sites (N-methyl/N-ethyl adjacent to an activating group) is 1. The zero-order valence-electron chi connectivity index (χ0n) is 12.9. The monoisotopic (exact) mass is 291 g/mol. The summed E-state index contributed by atoms with van der Waals surface area (Å²) in [6.45, 7) is 4.50.